The van der Waals surface area contributed by atoms with Crippen molar-refractivity contribution in [2.75, 3.05) is 93.8 Å². The summed E-state index contributed by atoms with van der Waals surface area (Å²) in [7, 11) is 9.04. The predicted octanol–water partition coefficient (Wildman–Crippen LogP) is 8.03. The van der Waals surface area contributed by atoms with E-state index in [9.17, 15) is 0 Å². The molecule has 0 radical (unpaired) electrons. The van der Waals surface area contributed by atoms with Gasteiger partial charge in [0.25, 0.3) is 0 Å². The molecule has 10 aliphatic heterocycles. The lowest BCUT2D eigenvalue weighted by atomic mass is 9.83. The van der Waals surface area contributed by atoms with Crippen molar-refractivity contribution in [2.45, 2.75) is 219 Å². The van der Waals surface area contributed by atoms with Crippen molar-refractivity contribution in [1.29, 1.82) is 0 Å². The van der Waals surface area contributed by atoms with Crippen molar-refractivity contribution < 1.29 is 4.74 Å². The van der Waals surface area contributed by atoms with Crippen LogP contribution in [0, 0.1) is 29.6 Å². The standard InChI is InChI=1S/C12H23N.C11H22N2.C11H21N.C10H20N2O.C9H18N2/c1-9-10-5-6-11(9)8-13(7-10)12(2,3)4;1-11(2,3)13-9-5-6-10(13)8-12(4)7-9;1-8(2)9-6-10-4-5-11(7-9)12(10)3;1-8(2)12-4-9-6-13-7-10(5-12)11(9)3;1-7(2)11-8-4-9(11)6-10(3)5-8/h9-11H,5-8H2,1-4H3;9-10H,5-8H2,1-4H3;8-11H,4-7H2,1-3H3;8-10H,4-7H2,1-3H3;7-9H,4-6H2,1-3H3/t9?,10-,11+;;9?,10-,11+;;. The Kier molecular flexibility index (Phi) is 17.5. The van der Waals surface area contributed by atoms with Gasteiger partial charge in [-0.15, -0.1) is 0 Å². The van der Waals surface area contributed by atoms with E-state index in [2.05, 4.69) is 157 Å². The molecule has 362 valence electrons. The van der Waals surface area contributed by atoms with Gasteiger partial charge in [0, 0.05) is 124 Å². The van der Waals surface area contributed by atoms with Crippen LogP contribution in [0.4, 0.5) is 0 Å². The van der Waals surface area contributed by atoms with Crippen LogP contribution < -0.4 is 0 Å². The first kappa shape index (κ1) is 51.0. The molecule has 11 aliphatic rings. The zero-order valence-electron chi connectivity index (χ0n) is 44.1. The second-order valence-electron chi connectivity index (χ2n) is 25.6. The lowest BCUT2D eigenvalue weighted by Gasteiger charge is -2.57. The monoisotopic (exact) mass is 869 g/mol. The maximum absolute atomic E-state index is 5.57. The number of ether oxygens (including phenoxy) is 1. The molecule has 10 bridgehead atoms. The Balaban J connectivity index is 0.000000129. The van der Waals surface area contributed by atoms with E-state index < -0.39 is 0 Å². The van der Waals surface area contributed by atoms with Crippen molar-refractivity contribution in [3.8, 4) is 0 Å². The molecule has 0 amide bonds. The molecule has 1 saturated carbocycles. The Morgan fingerprint density at radius 1 is 0.468 bits per heavy atom. The number of rotatable bonds is 3. The first-order valence-corrected chi connectivity index (χ1v) is 26.4. The Morgan fingerprint density at radius 3 is 1.31 bits per heavy atom. The number of piperazine rings is 3. The molecule has 10 saturated heterocycles. The molecule has 11 rings (SSSR count). The van der Waals surface area contributed by atoms with Gasteiger partial charge in [-0.05, 0) is 185 Å². The van der Waals surface area contributed by atoms with Crippen LogP contribution in [0.3, 0.4) is 0 Å². The van der Waals surface area contributed by atoms with Crippen LogP contribution in [-0.2, 0) is 4.74 Å². The van der Waals surface area contributed by atoms with Crippen molar-refractivity contribution in [2.24, 2.45) is 29.6 Å². The van der Waals surface area contributed by atoms with Crippen LogP contribution in [-0.4, -0.2) is 204 Å². The van der Waals surface area contributed by atoms with Gasteiger partial charge in [-0.25, -0.2) is 0 Å². The van der Waals surface area contributed by atoms with Crippen LogP contribution in [0.15, 0.2) is 0 Å². The van der Waals surface area contributed by atoms with Crippen molar-refractivity contribution in [1.82, 2.24) is 39.2 Å². The largest absolute Gasteiger partial charge is 0.378 e. The first-order valence-electron chi connectivity index (χ1n) is 26.4. The fraction of sp³-hybridized carbons (Fsp3) is 1.00. The summed E-state index contributed by atoms with van der Waals surface area (Å²) in [5, 5.41) is 0. The number of likely N-dealkylation sites (N-methyl/N-ethyl adjacent to an activating group) is 3. The number of likely N-dealkylation sites (tertiary alicyclic amines) is 2. The molecule has 11 fully saturated rings. The normalized spacial score (nSPS) is 39.3. The summed E-state index contributed by atoms with van der Waals surface area (Å²) in [5.74, 6) is 4.91. The van der Waals surface area contributed by atoms with Gasteiger partial charge in [0.15, 0.2) is 0 Å². The van der Waals surface area contributed by atoms with Crippen LogP contribution in [0.5, 0.6) is 0 Å². The SMILES string of the molecule is CC(C)C1C[C@H]2CC[C@@H](C1)N2C.CC(C)N1C2CC1CN(C)C2.CC(C)N1CC2COCC(C1)N2C.CC1[C@@H]2CC[C@H]1CN(C(C)(C)C)C2.CN1CC2CCC(C1)N2C(C)(C)C. The minimum atomic E-state index is 0.368. The number of hydrogen-bond acceptors (Lipinski definition) is 9. The molecule has 0 N–H and O–H groups in total. The minimum Gasteiger partial charge on any atom is -0.378 e. The zero-order valence-corrected chi connectivity index (χ0v) is 44.1. The molecule has 0 spiro atoms. The van der Waals surface area contributed by atoms with Crippen molar-refractivity contribution in [3.63, 3.8) is 0 Å². The van der Waals surface area contributed by atoms with Crippen LogP contribution in [0.2, 0.25) is 0 Å². The smallest absolute Gasteiger partial charge is 0.0635 e. The summed E-state index contributed by atoms with van der Waals surface area (Å²) in [4.78, 5) is 20.7. The molecule has 8 unspecified atom stereocenters. The highest BCUT2D eigenvalue weighted by Crippen LogP contribution is 2.43. The van der Waals surface area contributed by atoms with Gasteiger partial charge < -0.3 is 19.4 Å². The topological polar surface area (TPSA) is 35.2 Å². The number of nitrogens with zero attached hydrogens (tertiary/aromatic N) is 8. The average molecular weight is 869 g/mol. The molecular weight excluding hydrogens is 765 g/mol. The van der Waals surface area contributed by atoms with Gasteiger partial charge in [0.05, 0.1) is 13.2 Å². The van der Waals surface area contributed by atoms with Gasteiger partial charge in [-0.2, -0.15) is 0 Å². The van der Waals surface area contributed by atoms with Crippen LogP contribution in [0.25, 0.3) is 0 Å². The number of hydrogen-bond donors (Lipinski definition) is 0. The highest BCUT2D eigenvalue weighted by Gasteiger charge is 2.46. The second-order valence-corrected chi connectivity index (χ2v) is 25.6. The van der Waals surface area contributed by atoms with E-state index in [-0.39, 0.29) is 0 Å². The molecule has 0 aromatic rings. The summed E-state index contributed by atoms with van der Waals surface area (Å²) >= 11 is 0. The third-order valence-corrected chi connectivity index (χ3v) is 18.2. The average Bonchev–Trinajstić information content (AvgIpc) is 3.61. The van der Waals surface area contributed by atoms with Crippen LogP contribution in [0.1, 0.15) is 148 Å². The summed E-state index contributed by atoms with van der Waals surface area (Å²) in [6.45, 7) is 42.5. The van der Waals surface area contributed by atoms with Crippen LogP contribution >= 0.6 is 0 Å². The third-order valence-electron chi connectivity index (χ3n) is 18.2. The van der Waals surface area contributed by atoms with E-state index in [1.54, 1.807) is 0 Å². The van der Waals surface area contributed by atoms with E-state index in [1.807, 2.05) is 0 Å². The summed E-state index contributed by atoms with van der Waals surface area (Å²) < 4.78 is 5.57. The fourth-order valence-electron chi connectivity index (χ4n) is 14.2. The van der Waals surface area contributed by atoms with E-state index >= 15 is 0 Å². The Bertz CT molecular complexity index is 1290. The fourth-order valence-corrected chi connectivity index (χ4v) is 14.2. The summed E-state index contributed by atoms with van der Waals surface area (Å²) in [5.41, 5.74) is 0.758. The molecule has 62 heavy (non-hydrogen) atoms. The van der Waals surface area contributed by atoms with Crippen molar-refractivity contribution >= 4 is 0 Å². The van der Waals surface area contributed by atoms with Gasteiger partial charge >= 0.3 is 0 Å². The second kappa shape index (κ2) is 21.3. The summed E-state index contributed by atoms with van der Waals surface area (Å²) in [6, 6.07) is 7.92. The van der Waals surface area contributed by atoms with E-state index in [0.29, 0.717) is 29.2 Å². The first-order chi connectivity index (χ1) is 29.0. The van der Waals surface area contributed by atoms with Gasteiger partial charge in [-0.1, -0.05) is 20.8 Å². The minimum absolute atomic E-state index is 0.368. The lowest BCUT2D eigenvalue weighted by molar-refractivity contribution is -0.0910. The quantitative estimate of drug-likeness (QED) is 0.281. The lowest BCUT2D eigenvalue weighted by Crippen LogP contribution is -2.69. The van der Waals surface area contributed by atoms with E-state index in [4.69, 9.17) is 4.74 Å². The van der Waals surface area contributed by atoms with Gasteiger partial charge in [0.1, 0.15) is 0 Å². The third kappa shape index (κ3) is 12.4. The zero-order chi connectivity index (χ0) is 45.4. The molecule has 0 aromatic heterocycles. The Morgan fingerprint density at radius 2 is 0.903 bits per heavy atom. The highest BCUT2D eigenvalue weighted by molar-refractivity contribution is 5.02. The maximum Gasteiger partial charge on any atom is 0.0635 e. The Labute approximate surface area is 385 Å². The van der Waals surface area contributed by atoms with Gasteiger partial charge in [0.2, 0.25) is 0 Å². The molecule has 0 aromatic carbocycles. The number of morpholine rings is 1. The van der Waals surface area contributed by atoms with Crippen molar-refractivity contribution in [3.05, 3.63) is 0 Å². The number of piperidine rings is 3. The highest BCUT2D eigenvalue weighted by atomic mass is 16.5. The molecule has 12 atom stereocenters. The molecule has 10 heterocycles. The Hall–Kier alpha value is -0.360. The molecule has 9 heteroatoms. The summed E-state index contributed by atoms with van der Waals surface area (Å²) in [6.07, 6.45) is 13.1. The number of fused-ring (bicyclic) bond motifs is 10. The molecule has 9 nitrogen and oxygen atoms in total. The predicted molar refractivity (Wildman–Crippen MR) is 264 cm³/mol. The molecular formula is C53H104N8O. The van der Waals surface area contributed by atoms with Gasteiger partial charge in [-0.3, -0.25) is 24.5 Å². The van der Waals surface area contributed by atoms with E-state index in [0.717, 1.165) is 85.1 Å². The molecule has 1 aliphatic carbocycles. The maximum atomic E-state index is 5.57. The van der Waals surface area contributed by atoms with E-state index in [1.165, 1.54) is 110 Å².